The van der Waals surface area contributed by atoms with Crippen LogP contribution >= 0.6 is 0 Å². The Bertz CT molecular complexity index is 677. The molecule has 7 heteroatoms. The number of ether oxygens (including phenoxy) is 1. The Morgan fingerprint density at radius 3 is 2.31 bits per heavy atom. The summed E-state index contributed by atoms with van der Waals surface area (Å²) in [6.45, 7) is 6.64. The summed E-state index contributed by atoms with van der Waals surface area (Å²) in [6, 6.07) is 9.42. The maximum atomic E-state index is 12.9. The van der Waals surface area contributed by atoms with E-state index in [1.54, 1.807) is 0 Å². The molecule has 0 spiro atoms. The number of amides is 3. The lowest BCUT2D eigenvalue weighted by atomic mass is 9.95. The Hall–Kier alpha value is -2.12. The van der Waals surface area contributed by atoms with Gasteiger partial charge >= 0.3 is 6.03 Å². The summed E-state index contributed by atoms with van der Waals surface area (Å²) in [5, 5.41) is 2.93. The van der Waals surface area contributed by atoms with Crippen LogP contribution in [0.1, 0.15) is 25.7 Å². The number of nitrogens with one attached hydrogen (secondary N) is 1. The lowest BCUT2D eigenvalue weighted by Gasteiger charge is -2.39. The lowest BCUT2D eigenvalue weighted by Crippen LogP contribution is -2.53. The average molecular weight is 401 g/mol. The summed E-state index contributed by atoms with van der Waals surface area (Å²) in [5.41, 5.74) is 0.802. The van der Waals surface area contributed by atoms with Crippen molar-refractivity contribution in [2.45, 2.75) is 31.8 Å². The number of hydrogen-bond acceptors (Lipinski definition) is 4. The zero-order valence-corrected chi connectivity index (χ0v) is 17.1. The van der Waals surface area contributed by atoms with Crippen LogP contribution in [0.4, 0.5) is 10.5 Å². The second kappa shape index (κ2) is 9.59. The van der Waals surface area contributed by atoms with Gasteiger partial charge in [0.25, 0.3) is 0 Å². The number of rotatable bonds is 4. The molecule has 3 heterocycles. The van der Waals surface area contributed by atoms with Gasteiger partial charge in [0.1, 0.15) is 0 Å². The highest BCUT2D eigenvalue weighted by Gasteiger charge is 2.32. The Balaban J connectivity index is 1.19. The molecule has 3 aliphatic heterocycles. The molecule has 1 N–H and O–H groups in total. The molecular formula is C22H32N4O3. The molecule has 0 unspecified atom stereocenters. The third-order valence-corrected chi connectivity index (χ3v) is 6.33. The highest BCUT2D eigenvalue weighted by Crippen LogP contribution is 2.22. The Morgan fingerprint density at radius 2 is 1.66 bits per heavy atom. The number of benzene rings is 1. The Morgan fingerprint density at radius 1 is 0.931 bits per heavy atom. The maximum absolute atomic E-state index is 12.9. The van der Waals surface area contributed by atoms with Gasteiger partial charge in [0.05, 0.1) is 6.10 Å². The van der Waals surface area contributed by atoms with Gasteiger partial charge in [-0.3, -0.25) is 9.69 Å². The van der Waals surface area contributed by atoms with Crippen molar-refractivity contribution >= 4 is 17.6 Å². The van der Waals surface area contributed by atoms with Gasteiger partial charge < -0.3 is 19.9 Å². The third kappa shape index (κ3) is 5.28. The molecule has 3 aliphatic rings. The molecule has 0 saturated carbocycles. The van der Waals surface area contributed by atoms with Crippen molar-refractivity contribution in [1.82, 2.24) is 14.7 Å². The van der Waals surface area contributed by atoms with Gasteiger partial charge in [-0.1, -0.05) is 18.2 Å². The zero-order chi connectivity index (χ0) is 20.1. The van der Waals surface area contributed by atoms with E-state index >= 15 is 0 Å². The zero-order valence-electron chi connectivity index (χ0n) is 17.1. The van der Waals surface area contributed by atoms with Crippen LogP contribution in [0.5, 0.6) is 0 Å². The van der Waals surface area contributed by atoms with E-state index in [2.05, 4.69) is 10.2 Å². The number of para-hydroxylation sites is 1. The van der Waals surface area contributed by atoms with E-state index < -0.39 is 0 Å². The Labute approximate surface area is 173 Å². The van der Waals surface area contributed by atoms with E-state index in [9.17, 15) is 9.59 Å². The first-order chi connectivity index (χ1) is 14.2. The normalized spacial score (nSPS) is 23.9. The van der Waals surface area contributed by atoms with Gasteiger partial charge in [-0.05, 0) is 37.8 Å². The van der Waals surface area contributed by atoms with E-state index in [0.717, 1.165) is 64.3 Å². The molecule has 29 heavy (non-hydrogen) atoms. The molecule has 1 aromatic rings. The molecule has 0 aliphatic carbocycles. The summed E-state index contributed by atoms with van der Waals surface area (Å²) in [6.07, 6.45) is 4.21. The lowest BCUT2D eigenvalue weighted by molar-refractivity contribution is -0.138. The molecule has 3 fully saturated rings. The number of carbonyl (C=O) groups excluding carboxylic acids is 2. The molecule has 1 atom stereocenters. The van der Waals surface area contributed by atoms with Gasteiger partial charge in [0, 0.05) is 64.0 Å². The summed E-state index contributed by atoms with van der Waals surface area (Å²) in [4.78, 5) is 31.6. The monoisotopic (exact) mass is 400 g/mol. The summed E-state index contributed by atoms with van der Waals surface area (Å²) < 4.78 is 5.73. The predicted molar refractivity (Wildman–Crippen MR) is 112 cm³/mol. The van der Waals surface area contributed by atoms with E-state index in [1.165, 1.54) is 6.42 Å². The van der Waals surface area contributed by atoms with Gasteiger partial charge in [-0.15, -0.1) is 0 Å². The molecule has 158 valence electrons. The minimum atomic E-state index is -0.0788. The number of piperidine rings is 1. The van der Waals surface area contributed by atoms with Gasteiger partial charge in [-0.2, -0.15) is 0 Å². The van der Waals surface area contributed by atoms with Crippen molar-refractivity contribution < 1.29 is 14.3 Å². The van der Waals surface area contributed by atoms with E-state index in [-0.39, 0.29) is 17.9 Å². The Kier molecular flexibility index (Phi) is 6.67. The van der Waals surface area contributed by atoms with Crippen molar-refractivity contribution in [2.24, 2.45) is 5.92 Å². The minimum Gasteiger partial charge on any atom is -0.377 e. The molecule has 4 rings (SSSR count). The highest BCUT2D eigenvalue weighted by atomic mass is 16.5. The molecular weight excluding hydrogens is 368 g/mol. The summed E-state index contributed by atoms with van der Waals surface area (Å²) >= 11 is 0. The van der Waals surface area contributed by atoms with Crippen molar-refractivity contribution in [3.05, 3.63) is 30.3 Å². The molecule has 7 nitrogen and oxygen atoms in total. The van der Waals surface area contributed by atoms with Crippen LogP contribution in [-0.2, 0) is 9.53 Å². The smallest absolute Gasteiger partial charge is 0.321 e. The average Bonchev–Trinajstić information content (AvgIpc) is 3.28. The van der Waals surface area contributed by atoms with Crippen LogP contribution in [0.3, 0.4) is 0 Å². The first-order valence-electron chi connectivity index (χ1n) is 10.9. The topological polar surface area (TPSA) is 65.1 Å². The summed E-state index contributed by atoms with van der Waals surface area (Å²) in [7, 11) is 0. The van der Waals surface area contributed by atoms with E-state index in [0.29, 0.717) is 19.2 Å². The SMILES string of the molecule is O=C(Nc1ccccc1)N1CCC(C(=O)N2CCN(C[C@@H]3CCCO3)CC2)CC1. The first kappa shape index (κ1) is 20.2. The molecule has 3 saturated heterocycles. The van der Waals surface area contributed by atoms with Crippen LogP contribution in [0.2, 0.25) is 0 Å². The van der Waals surface area contributed by atoms with Gasteiger partial charge in [0.2, 0.25) is 5.91 Å². The van der Waals surface area contributed by atoms with Crippen LogP contribution < -0.4 is 5.32 Å². The first-order valence-corrected chi connectivity index (χ1v) is 10.9. The van der Waals surface area contributed by atoms with Gasteiger partial charge in [0.15, 0.2) is 0 Å². The quantitative estimate of drug-likeness (QED) is 0.842. The standard InChI is InChI=1S/C22H32N4O3/c27-21(25-14-12-24(13-15-25)17-20-7-4-16-29-20)18-8-10-26(11-9-18)22(28)23-19-5-2-1-3-6-19/h1-3,5-6,18,20H,4,7-17H2,(H,23,28)/t20-/m0/s1. The minimum absolute atomic E-state index is 0.0421. The molecule has 0 aromatic heterocycles. The molecule has 0 radical (unpaired) electrons. The fourth-order valence-electron chi connectivity index (χ4n) is 4.54. The number of likely N-dealkylation sites (tertiary alicyclic amines) is 1. The van der Waals surface area contributed by atoms with Crippen LogP contribution in [0.25, 0.3) is 0 Å². The van der Waals surface area contributed by atoms with Crippen molar-refractivity contribution in [1.29, 1.82) is 0 Å². The van der Waals surface area contributed by atoms with Crippen LogP contribution in [0, 0.1) is 5.92 Å². The number of urea groups is 1. The van der Waals surface area contributed by atoms with Crippen molar-refractivity contribution in [2.75, 3.05) is 57.7 Å². The molecule has 1 aromatic carbocycles. The van der Waals surface area contributed by atoms with E-state index in [1.807, 2.05) is 40.1 Å². The third-order valence-electron chi connectivity index (χ3n) is 6.33. The molecule has 0 bridgehead atoms. The summed E-state index contributed by atoms with van der Waals surface area (Å²) in [5.74, 6) is 0.311. The fourth-order valence-corrected chi connectivity index (χ4v) is 4.54. The largest absolute Gasteiger partial charge is 0.377 e. The number of nitrogens with zero attached hydrogens (tertiary/aromatic N) is 3. The highest BCUT2D eigenvalue weighted by molar-refractivity contribution is 5.89. The van der Waals surface area contributed by atoms with Crippen molar-refractivity contribution in [3.8, 4) is 0 Å². The molecule has 3 amide bonds. The predicted octanol–water partition coefficient (Wildman–Crippen LogP) is 2.25. The number of piperazine rings is 1. The fraction of sp³-hybridized carbons (Fsp3) is 0.636. The van der Waals surface area contributed by atoms with E-state index in [4.69, 9.17) is 4.74 Å². The second-order valence-corrected chi connectivity index (χ2v) is 8.32. The second-order valence-electron chi connectivity index (χ2n) is 8.32. The maximum Gasteiger partial charge on any atom is 0.321 e. The van der Waals surface area contributed by atoms with Crippen LogP contribution in [-0.4, -0.2) is 85.2 Å². The van der Waals surface area contributed by atoms with Crippen molar-refractivity contribution in [3.63, 3.8) is 0 Å². The number of carbonyl (C=O) groups is 2. The number of hydrogen-bond donors (Lipinski definition) is 1. The van der Waals surface area contributed by atoms with Gasteiger partial charge in [-0.25, -0.2) is 4.79 Å². The van der Waals surface area contributed by atoms with Crippen LogP contribution in [0.15, 0.2) is 30.3 Å². The number of anilines is 1.